The van der Waals surface area contributed by atoms with Crippen molar-refractivity contribution in [3.8, 4) is 0 Å². The van der Waals surface area contributed by atoms with E-state index in [1.807, 2.05) is 27.7 Å². The smallest absolute Gasteiger partial charge is 0.407 e. The van der Waals surface area contributed by atoms with Crippen molar-refractivity contribution in [2.75, 3.05) is 13.1 Å². The third kappa shape index (κ3) is 11.6. The molecule has 2 unspecified atom stereocenters. The zero-order valence-electron chi connectivity index (χ0n) is 20.4. The van der Waals surface area contributed by atoms with Crippen LogP contribution in [0.4, 0.5) is 4.79 Å². The lowest BCUT2D eigenvalue weighted by Gasteiger charge is -2.30. The number of ether oxygens (including phenoxy) is 1. The number of carboxylic acids is 1. The second-order valence-corrected chi connectivity index (χ2v) is 10.2. The predicted molar refractivity (Wildman–Crippen MR) is 116 cm³/mol. The zero-order chi connectivity index (χ0) is 24.6. The Morgan fingerprint density at radius 3 is 1.87 bits per heavy atom. The highest BCUT2D eigenvalue weighted by molar-refractivity contribution is 5.91. The fraction of sp³-hybridized carbons (Fsp3) is 0.818. The number of nitrogens with one attached hydrogen (secondary N) is 3. The summed E-state index contributed by atoms with van der Waals surface area (Å²) in [5.74, 6) is -3.49. The van der Waals surface area contributed by atoms with Crippen molar-refractivity contribution >= 4 is 23.9 Å². The minimum Gasteiger partial charge on any atom is -0.550 e. The lowest BCUT2D eigenvalue weighted by Crippen LogP contribution is -2.58. The fourth-order valence-corrected chi connectivity index (χ4v) is 2.86. The molecule has 31 heavy (non-hydrogen) atoms. The predicted octanol–water partition coefficient (Wildman–Crippen LogP) is 1.21. The minimum atomic E-state index is -1.27. The first-order valence-electron chi connectivity index (χ1n) is 10.7. The van der Waals surface area contributed by atoms with Gasteiger partial charge in [-0.15, -0.1) is 0 Å². The van der Waals surface area contributed by atoms with Crippen LogP contribution in [0.3, 0.4) is 0 Å². The standard InChI is InChI=1S/C22H41N3O6/c1-13(2)10-15(18(27)28)11-23-19(29)22(8,9)25-17(26)16(14(3)4)12-24-20(30)31-21(5,6)7/h13-16H,10-12H2,1-9H3,(H,23,29)(H,24,30)(H,25,26)(H,27,28)/p-1. The number of alkyl carbamates (subject to hydrolysis) is 1. The van der Waals surface area contributed by atoms with E-state index in [1.54, 1.807) is 20.8 Å². The van der Waals surface area contributed by atoms with E-state index in [0.717, 1.165) is 0 Å². The van der Waals surface area contributed by atoms with Crippen LogP contribution in [-0.2, 0) is 19.1 Å². The number of amides is 3. The first-order chi connectivity index (χ1) is 14.0. The third-order valence-electron chi connectivity index (χ3n) is 4.61. The number of carboxylic acid groups (broad SMARTS) is 1. The van der Waals surface area contributed by atoms with E-state index >= 15 is 0 Å². The topological polar surface area (TPSA) is 137 Å². The first kappa shape index (κ1) is 28.7. The Balaban J connectivity index is 4.97. The van der Waals surface area contributed by atoms with Crippen LogP contribution < -0.4 is 21.1 Å². The van der Waals surface area contributed by atoms with E-state index in [1.165, 1.54) is 13.8 Å². The van der Waals surface area contributed by atoms with Gasteiger partial charge in [-0.2, -0.15) is 0 Å². The molecule has 180 valence electrons. The summed E-state index contributed by atoms with van der Waals surface area (Å²) in [6.45, 7) is 15.7. The summed E-state index contributed by atoms with van der Waals surface area (Å²) in [4.78, 5) is 48.6. The maximum atomic E-state index is 12.8. The van der Waals surface area contributed by atoms with Crippen LogP contribution in [0, 0.1) is 23.7 Å². The molecule has 0 spiro atoms. The van der Waals surface area contributed by atoms with Crippen LogP contribution in [0.2, 0.25) is 0 Å². The number of hydrogen-bond acceptors (Lipinski definition) is 6. The Bertz CT molecular complexity index is 638. The number of carbonyl (C=O) groups is 4. The Morgan fingerprint density at radius 1 is 0.903 bits per heavy atom. The van der Waals surface area contributed by atoms with Gasteiger partial charge in [-0.05, 0) is 52.9 Å². The van der Waals surface area contributed by atoms with Crippen LogP contribution in [0.25, 0.3) is 0 Å². The Labute approximate surface area is 186 Å². The third-order valence-corrected chi connectivity index (χ3v) is 4.61. The molecule has 0 aromatic heterocycles. The molecule has 0 aromatic rings. The van der Waals surface area contributed by atoms with Crippen LogP contribution in [0.5, 0.6) is 0 Å². The highest BCUT2D eigenvalue weighted by atomic mass is 16.6. The molecule has 0 fully saturated rings. The second kappa shape index (κ2) is 11.9. The average molecular weight is 443 g/mol. The maximum Gasteiger partial charge on any atom is 0.407 e. The molecule has 0 saturated carbocycles. The number of hydrogen-bond donors (Lipinski definition) is 3. The first-order valence-corrected chi connectivity index (χ1v) is 10.7. The summed E-state index contributed by atoms with van der Waals surface area (Å²) in [5.41, 5.74) is -1.93. The normalized spacial score (nSPS) is 14.0. The average Bonchev–Trinajstić information content (AvgIpc) is 2.55. The second-order valence-electron chi connectivity index (χ2n) is 10.2. The molecule has 0 rings (SSSR count). The van der Waals surface area contributed by atoms with E-state index in [4.69, 9.17) is 4.74 Å². The van der Waals surface area contributed by atoms with Crippen LogP contribution in [0.1, 0.15) is 68.7 Å². The molecular weight excluding hydrogens is 402 g/mol. The summed E-state index contributed by atoms with van der Waals surface area (Å²) in [6, 6.07) is 0. The van der Waals surface area contributed by atoms with Crippen molar-refractivity contribution in [3.05, 3.63) is 0 Å². The van der Waals surface area contributed by atoms with Gasteiger partial charge in [0.05, 0.1) is 5.92 Å². The molecule has 9 heteroatoms. The summed E-state index contributed by atoms with van der Waals surface area (Å²) < 4.78 is 5.19. The maximum absolute atomic E-state index is 12.8. The van der Waals surface area contributed by atoms with Gasteiger partial charge in [0.15, 0.2) is 0 Å². The van der Waals surface area contributed by atoms with Gasteiger partial charge in [0.2, 0.25) is 11.8 Å². The van der Waals surface area contributed by atoms with Crippen molar-refractivity contribution < 1.29 is 29.0 Å². The van der Waals surface area contributed by atoms with Crippen molar-refractivity contribution in [2.24, 2.45) is 23.7 Å². The fourth-order valence-electron chi connectivity index (χ4n) is 2.86. The molecule has 0 aliphatic rings. The molecule has 0 radical (unpaired) electrons. The number of aliphatic carboxylic acids is 1. The van der Waals surface area contributed by atoms with Gasteiger partial charge in [-0.1, -0.05) is 27.7 Å². The van der Waals surface area contributed by atoms with Gasteiger partial charge < -0.3 is 30.6 Å². The van der Waals surface area contributed by atoms with Crippen LogP contribution in [-0.4, -0.2) is 48.1 Å². The van der Waals surface area contributed by atoms with Gasteiger partial charge >= 0.3 is 6.09 Å². The molecule has 3 amide bonds. The largest absolute Gasteiger partial charge is 0.550 e. The molecular formula is C22H40N3O6-. The van der Waals surface area contributed by atoms with Crippen molar-refractivity contribution in [3.63, 3.8) is 0 Å². The molecule has 0 aliphatic heterocycles. The van der Waals surface area contributed by atoms with Gasteiger partial charge in [-0.3, -0.25) is 9.59 Å². The van der Waals surface area contributed by atoms with Crippen molar-refractivity contribution in [2.45, 2.75) is 79.9 Å². The van der Waals surface area contributed by atoms with E-state index in [-0.39, 0.29) is 24.9 Å². The quantitative estimate of drug-likeness (QED) is 0.440. The zero-order valence-corrected chi connectivity index (χ0v) is 20.4. The monoisotopic (exact) mass is 442 g/mol. The number of rotatable bonds is 11. The SMILES string of the molecule is CC(C)CC(CNC(=O)C(C)(C)NC(=O)C(CNC(=O)OC(C)(C)C)C(C)C)C(=O)[O-]. The lowest BCUT2D eigenvalue weighted by molar-refractivity contribution is -0.311. The number of carbonyl (C=O) groups excluding carboxylic acids is 4. The molecule has 9 nitrogen and oxygen atoms in total. The van der Waals surface area contributed by atoms with Gasteiger partial charge in [0, 0.05) is 25.0 Å². The van der Waals surface area contributed by atoms with Crippen molar-refractivity contribution in [1.82, 2.24) is 16.0 Å². The minimum absolute atomic E-state index is 0.0528. The van der Waals surface area contributed by atoms with Crippen LogP contribution >= 0.6 is 0 Å². The highest BCUT2D eigenvalue weighted by Gasteiger charge is 2.34. The summed E-state index contributed by atoms with van der Waals surface area (Å²) in [7, 11) is 0. The van der Waals surface area contributed by atoms with Gasteiger partial charge in [0.1, 0.15) is 11.1 Å². The summed E-state index contributed by atoms with van der Waals surface area (Å²) in [6.07, 6.45) is -0.248. The van der Waals surface area contributed by atoms with E-state index in [0.29, 0.717) is 6.42 Å². The Hall–Kier alpha value is -2.32. The van der Waals surface area contributed by atoms with Gasteiger partial charge in [0.25, 0.3) is 0 Å². The molecule has 0 aromatic carbocycles. The Kier molecular flexibility index (Phi) is 11.0. The lowest BCUT2D eigenvalue weighted by atomic mass is 9.92. The van der Waals surface area contributed by atoms with Crippen molar-refractivity contribution in [1.29, 1.82) is 0 Å². The molecule has 0 bridgehead atoms. The highest BCUT2D eigenvalue weighted by Crippen LogP contribution is 2.15. The molecule has 3 N–H and O–H groups in total. The van der Waals surface area contributed by atoms with E-state index < -0.39 is 46.9 Å². The summed E-state index contributed by atoms with van der Waals surface area (Å²) >= 11 is 0. The van der Waals surface area contributed by atoms with Gasteiger partial charge in [-0.25, -0.2) is 4.79 Å². The van der Waals surface area contributed by atoms with E-state index in [2.05, 4.69) is 16.0 Å². The summed E-state index contributed by atoms with van der Waals surface area (Å²) in [5, 5.41) is 19.2. The molecule has 2 atom stereocenters. The molecule has 0 heterocycles. The Morgan fingerprint density at radius 2 is 1.45 bits per heavy atom. The van der Waals surface area contributed by atoms with E-state index in [9.17, 15) is 24.3 Å². The molecule has 0 saturated heterocycles. The van der Waals surface area contributed by atoms with Crippen LogP contribution in [0.15, 0.2) is 0 Å². The molecule has 0 aliphatic carbocycles.